The van der Waals surface area contributed by atoms with Gasteiger partial charge in [-0.1, -0.05) is 84.8 Å². The summed E-state index contributed by atoms with van der Waals surface area (Å²) in [5.74, 6) is 6.09. The minimum atomic E-state index is -0.675. The first-order chi connectivity index (χ1) is 18.7. The molecule has 1 atom stereocenters. The molecule has 6 nitrogen and oxygen atoms in total. The maximum absolute atomic E-state index is 13.7. The maximum atomic E-state index is 13.7. The number of aromatic nitrogens is 2. The number of nitrogens with zero attached hydrogens (tertiary/aromatic N) is 2. The van der Waals surface area contributed by atoms with Crippen LogP contribution in [0.3, 0.4) is 0 Å². The van der Waals surface area contributed by atoms with Gasteiger partial charge in [-0.25, -0.2) is 0 Å². The third-order valence-corrected chi connectivity index (χ3v) is 6.73. The van der Waals surface area contributed by atoms with Gasteiger partial charge in [0.25, 0.3) is 5.91 Å². The van der Waals surface area contributed by atoms with Crippen LogP contribution in [-0.2, 0) is 4.79 Å². The highest BCUT2D eigenvalue weighted by Gasteiger charge is 2.34. The fraction of sp³-hybridized carbons (Fsp3) is 0.0938. The minimum Gasteiger partial charge on any atom is -0.352 e. The Labute approximate surface area is 220 Å². The number of fused-ring (bicyclic) bond motifs is 1. The Morgan fingerprint density at radius 2 is 1.61 bits per heavy atom. The van der Waals surface area contributed by atoms with Crippen LogP contribution >= 0.6 is 0 Å². The van der Waals surface area contributed by atoms with Crippen LogP contribution in [0.4, 0.5) is 0 Å². The molecule has 6 heteroatoms. The van der Waals surface area contributed by atoms with Crippen molar-refractivity contribution in [1.82, 2.24) is 20.4 Å². The van der Waals surface area contributed by atoms with Crippen LogP contribution in [0.15, 0.2) is 103 Å². The Bertz CT molecular complexity index is 1700. The smallest absolute Gasteiger partial charge is 0.254 e. The van der Waals surface area contributed by atoms with E-state index in [1.54, 1.807) is 11.0 Å². The van der Waals surface area contributed by atoms with Crippen molar-refractivity contribution in [3.8, 4) is 23.0 Å². The fourth-order valence-corrected chi connectivity index (χ4v) is 4.85. The zero-order valence-corrected chi connectivity index (χ0v) is 20.5. The van der Waals surface area contributed by atoms with E-state index in [2.05, 4.69) is 45.6 Å². The van der Waals surface area contributed by atoms with Crippen molar-refractivity contribution in [2.24, 2.45) is 0 Å². The number of piperazine rings is 1. The second-order valence-electron chi connectivity index (χ2n) is 9.10. The van der Waals surface area contributed by atoms with Crippen molar-refractivity contribution < 1.29 is 9.59 Å². The molecule has 1 fully saturated rings. The molecule has 2 heterocycles. The van der Waals surface area contributed by atoms with Gasteiger partial charge >= 0.3 is 0 Å². The lowest BCUT2D eigenvalue weighted by Gasteiger charge is -2.35. The molecule has 1 saturated heterocycles. The molecule has 2 amide bonds. The van der Waals surface area contributed by atoms with Crippen LogP contribution in [0.2, 0.25) is 0 Å². The third kappa shape index (κ3) is 4.42. The fourth-order valence-electron chi connectivity index (χ4n) is 4.85. The van der Waals surface area contributed by atoms with Gasteiger partial charge in [-0.3, -0.25) is 14.7 Å². The van der Waals surface area contributed by atoms with E-state index in [0.717, 1.165) is 33.2 Å². The molecule has 38 heavy (non-hydrogen) atoms. The number of amides is 2. The second kappa shape index (κ2) is 10.1. The van der Waals surface area contributed by atoms with E-state index >= 15 is 0 Å². The lowest BCUT2D eigenvalue weighted by Crippen LogP contribution is -2.52. The quantitative estimate of drug-likeness (QED) is 0.347. The van der Waals surface area contributed by atoms with Gasteiger partial charge in [0.15, 0.2) is 0 Å². The lowest BCUT2D eigenvalue weighted by molar-refractivity contribution is -0.128. The second-order valence-corrected chi connectivity index (χ2v) is 9.10. The summed E-state index contributed by atoms with van der Waals surface area (Å²) in [5, 5.41) is 11.1. The van der Waals surface area contributed by atoms with Gasteiger partial charge in [-0.2, -0.15) is 5.10 Å². The number of carbonyl (C=O) groups is 2. The predicted octanol–water partition coefficient (Wildman–Crippen LogP) is 4.94. The Kier molecular flexibility index (Phi) is 6.17. The topological polar surface area (TPSA) is 78.1 Å². The predicted molar refractivity (Wildman–Crippen MR) is 147 cm³/mol. The summed E-state index contributed by atoms with van der Waals surface area (Å²) in [7, 11) is 0. The number of hydrogen-bond donors (Lipinski definition) is 2. The van der Waals surface area contributed by atoms with E-state index in [1.165, 1.54) is 0 Å². The largest absolute Gasteiger partial charge is 0.352 e. The van der Waals surface area contributed by atoms with Gasteiger partial charge in [0, 0.05) is 29.6 Å². The minimum absolute atomic E-state index is 0.177. The summed E-state index contributed by atoms with van der Waals surface area (Å²) >= 11 is 0. The van der Waals surface area contributed by atoms with Gasteiger partial charge in [0.1, 0.15) is 11.7 Å². The molecule has 1 aliphatic heterocycles. The highest BCUT2D eigenvalue weighted by molar-refractivity contribution is 6.01. The highest BCUT2D eigenvalue weighted by atomic mass is 16.2. The molecular weight excluding hydrogens is 472 g/mol. The van der Waals surface area contributed by atoms with E-state index in [-0.39, 0.29) is 11.8 Å². The monoisotopic (exact) mass is 496 g/mol. The number of nitrogens with one attached hydrogen (secondary N) is 2. The summed E-state index contributed by atoms with van der Waals surface area (Å²) in [6, 6.07) is 32.2. The average molecular weight is 497 g/mol. The van der Waals surface area contributed by atoms with E-state index in [9.17, 15) is 9.59 Å². The summed E-state index contributed by atoms with van der Waals surface area (Å²) in [6.45, 7) is 0.843. The SMILES string of the molecule is O=C1NCCN(C(=O)c2ccc3[nH]nc(C#Cc4ccccc4-c4ccccc4)c3c2)[C@@H]1c1ccccc1. The highest BCUT2D eigenvalue weighted by Crippen LogP contribution is 2.27. The van der Waals surface area contributed by atoms with Crippen molar-refractivity contribution in [1.29, 1.82) is 0 Å². The Morgan fingerprint density at radius 1 is 0.868 bits per heavy atom. The first-order valence-electron chi connectivity index (χ1n) is 12.5. The molecular formula is C32H24N4O2. The summed E-state index contributed by atoms with van der Waals surface area (Å²) in [5.41, 5.74) is 5.66. The van der Waals surface area contributed by atoms with Crippen molar-refractivity contribution in [2.75, 3.05) is 13.1 Å². The van der Waals surface area contributed by atoms with Crippen molar-refractivity contribution in [3.05, 3.63) is 126 Å². The number of H-pyrrole nitrogens is 1. The van der Waals surface area contributed by atoms with E-state index in [0.29, 0.717) is 24.3 Å². The molecule has 2 N–H and O–H groups in total. The lowest BCUT2D eigenvalue weighted by atomic mass is 10.00. The summed E-state index contributed by atoms with van der Waals surface area (Å²) in [4.78, 5) is 28.1. The number of aromatic amines is 1. The summed E-state index contributed by atoms with van der Waals surface area (Å²) in [6.07, 6.45) is 0. The molecule has 0 spiro atoms. The maximum Gasteiger partial charge on any atom is 0.254 e. The van der Waals surface area contributed by atoms with Gasteiger partial charge < -0.3 is 10.2 Å². The van der Waals surface area contributed by atoms with Crippen molar-refractivity contribution in [2.45, 2.75) is 6.04 Å². The molecule has 0 saturated carbocycles. The Balaban J connectivity index is 1.34. The molecule has 4 aromatic carbocycles. The van der Waals surface area contributed by atoms with Crippen molar-refractivity contribution in [3.63, 3.8) is 0 Å². The van der Waals surface area contributed by atoms with Gasteiger partial charge in [0.05, 0.1) is 5.52 Å². The molecule has 1 aliphatic rings. The Hall–Kier alpha value is -5.15. The number of hydrogen-bond acceptors (Lipinski definition) is 3. The zero-order valence-electron chi connectivity index (χ0n) is 20.5. The van der Waals surface area contributed by atoms with Crippen LogP contribution in [-0.4, -0.2) is 40.0 Å². The van der Waals surface area contributed by atoms with Crippen LogP contribution in [0.5, 0.6) is 0 Å². The van der Waals surface area contributed by atoms with Crippen LogP contribution in [0.25, 0.3) is 22.0 Å². The van der Waals surface area contributed by atoms with E-state index in [4.69, 9.17) is 0 Å². The molecule has 184 valence electrons. The first kappa shape index (κ1) is 23.3. The summed E-state index contributed by atoms with van der Waals surface area (Å²) < 4.78 is 0. The van der Waals surface area contributed by atoms with Crippen LogP contribution in [0.1, 0.15) is 33.2 Å². The molecule has 0 radical (unpaired) electrons. The normalized spacial score (nSPS) is 15.0. The van der Waals surface area contributed by atoms with Crippen LogP contribution in [0, 0.1) is 11.8 Å². The zero-order chi connectivity index (χ0) is 25.9. The van der Waals surface area contributed by atoms with Crippen LogP contribution < -0.4 is 5.32 Å². The average Bonchev–Trinajstić information content (AvgIpc) is 3.39. The number of carbonyl (C=O) groups excluding carboxylic acids is 2. The number of benzene rings is 4. The molecule has 0 unspecified atom stereocenters. The Morgan fingerprint density at radius 3 is 2.42 bits per heavy atom. The first-order valence-corrected chi connectivity index (χ1v) is 12.5. The molecule has 5 aromatic rings. The third-order valence-electron chi connectivity index (χ3n) is 6.73. The molecule has 0 bridgehead atoms. The standard InChI is InChI=1S/C32H24N4O2/c37-31-30(24-12-5-2-6-13-24)36(20-19-33-31)32(38)25-16-18-29-27(21-25)28(34-35-29)17-15-23-11-7-8-14-26(23)22-9-3-1-4-10-22/h1-14,16,18,21,30H,19-20H2,(H,33,37)(H,34,35)/t30-/m1/s1. The van der Waals surface area contributed by atoms with E-state index in [1.807, 2.05) is 78.9 Å². The van der Waals surface area contributed by atoms with Gasteiger partial charge in [0.2, 0.25) is 5.91 Å². The van der Waals surface area contributed by atoms with Gasteiger partial charge in [-0.15, -0.1) is 0 Å². The van der Waals surface area contributed by atoms with Gasteiger partial charge in [-0.05, 0) is 46.9 Å². The number of rotatable bonds is 3. The molecule has 1 aromatic heterocycles. The molecule has 0 aliphatic carbocycles. The molecule has 6 rings (SSSR count). The van der Waals surface area contributed by atoms with E-state index < -0.39 is 6.04 Å². The van der Waals surface area contributed by atoms with Crippen molar-refractivity contribution >= 4 is 22.7 Å².